The van der Waals surface area contributed by atoms with Crippen molar-refractivity contribution < 1.29 is 13.2 Å². The van der Waals surface area contributed by atoms with E-state index in [1.54, 1.807) is 19.2 Å². The first-order valence-corrected chi connectivity index (χ1v) is 9.39. The van der Waals surface area contributed by atoms with Gasteiger partial charge >= 0.3 is 0 Å². The monoisotopic (exact) mass is 385 g/mol. The van der Waals surface area contributed by atoms with Crippen LogP contribution in [0, 0.1) is 5.82 Å². The fourth-order valence-electron chi connectivity index (χ4n) is 3.79. The van der Waals surface area contributed by atoms with Crippen molar-refractivity contribution in [2.24, 2.45) is 0 Å². The van der Waals surface area contributed by atoms with E-state index in [0.29, 0.717) is 0 Å². The van der Waals surface area contributed by atoms with Crippen LogP contribution in [-0.2, 0) is 0 Å². The molecule has 3 nitrogen and oxygen atoms in total. The van der Waals surface area contributed by atoms with Gasteiger partial charge in [-0.3, -0.25) is 5.01 Å². The predicted molar refractivity (Wildman–Crippen MR) is 106 cm³/mol. The first-order chi connectivity index (χ1) is 13.6. The van der Waals surface area contributed by atoms with Crippen molar-refractivity contribution in [3.05, 3.63) is 76.7 Å². The number of halogens is 3. The maximum atomic E-state index is 14.6. The summed E-state index contributed by atoms with van der Waals surface area (Å²) >= 11 is 0. The Bertz CT molecular complexity index is 937. The summed E-state index contributed by atoms with van der Waals surface area (Å²) in [6.07, 6.45) is 4.09. The highest BCUT2D eigenvalue weighted by atomic mass is 19.3. The van der Waals surface area contributed by atoms with Gasteiger partial charge in [-0.1, -0.05) is 30.3 Å². The summed E-state index contributed by atoms with van der Waals surface area (Å²) in [7, 11) is 0. The van der Waals surface area contributed by atoms with E-state index >= 15 is 0 Å². The molecule has 0 saturated heterocycles. The van der Waals surface area contributed by atoms with Gasteiger partial charge in [0.1, 0.15) is 5.82 Å². The molecule has 146 valence electrons. The van der Waals surface area contributed by atoms with Crippen LogP contribution in [0.2, 0.25) is 0 Å². The summed E-state index contributed by atoms with van der Waals surface area (Å²) in [5, 5.41) is 5.12. The van der Waals surface area contributed by atoms with Crippen molar-refractivity contribution >= 4 is 17.3 Å². The third kappa shape index (κ3) is 3.40. The number of hydrogen-bond acceptors (Lipinski definition) is 3. The molecule has 0 aromatic heterocycles. The normalized spacial score (nSPS) is 17.2. The van der Waals surface area contributed by atoms with Gasteiger partial charge in [0.25, 0.3) is 6.43 Å². The third-order valence-electron chi connectivity index (χ3n) is 5.33. The molecular formula is C22H22F3N3. The summed E-state index contributed by atoms with van der Waals surface area (Å²) in [5.74, 6) is -0.848. The number of hydrazine groups is 1. The van der Waals surface area contributed by atoms with Crippen molar-refractivity contribution in [1.82, 2.24) is 10.7 Å². The molecule has 0 fully saturated rings. The highest BCUT2D eigenvalue weighted by Gasteiger charge is 2.25. The molecule has 0 radical (unpaired) electrons. The first kappa shape index (κ1) is 18.6. The first-order valence-electron chi connectivity index (χ1n) is 9.39. The van der Waals surface area contributed by atoms with Gasteiger partial charge < -0.3 is 10.7 Å². The van der Waals surface area contributed by atoms with Crippen molar-refractivity contribution in [3.63, 3.8) is 0 Å². The molecule has 6 heteroatoms. The quantitative estimate of drug-likeness (QED) is 0.758. The summed E-state index contributed by atoms with van der Waals surface area (Å²) < 4.78 is 40.8. The second kappa shape index (κ2) is 7.72. The summed E-state index contributed by atoms with van der Waals surface area (Å²) in [4.78, 5) is 0. The fourth-order valence-corrected chi connectivity index (χ4v) is 3.79. The smallest absolute Gasteiger partial charge is 0.266 e. The molecule has 4 rings (SSSR count). The molecule has 1 atom stereocenters. The van der Waals surface area contributed by atoms with Crippen LogP contribution in [-0.4, -0.2) is 13.1 Å². The van der Waals surface area contributed by atoms with Crippen molar-refractivity contribution in [2.45, 2.75) is 25.8 Å². The largest absolute Gasteiger partial charge is 0.313 e. The SMILES string of the molecule is CC(c1cccc(C(F)F)c1F)N1NC=Cc2cc(C3=CCNCC3)ccc21. The lowest BCUT2D eigenvalue weighted by Crippen LogP contribution is -2.39. The van der Waals surface area contributed by atoms with E-state index in [2.05, 4.69) is 29.0 Å². The highest BCUT2D eigenvalue weighted by Crippen LogP contribution is 2.36. The molecule has 0 aliphatic carbocycles. The molecule has 0 amide bonds. The maximum absolute atomic E-state index is 14.6. The molecule has 0 bridgehead atoms. The number of alkyl halides is 2. The second-order valence-electron chi connectivity index (χ2n) is 7.02. The minimum absolute atomic E-state index is 0.233. The van der Waals surface area contributed by atoms with Crippen LogP contribution in [0.3, 0.4) is 0 Å². The van der Waals surface area contributed by atoms with Crippen LogP contribution in [0.25, 0.3) is 11.6 Å². The zero-order chi connectivity index (χ0) is 19.7. The zero-order valence-corrected chi connectivity index (χ0v) is 15.6. The van der Waals surface area contributed by atoms with Gasteiger partial charge in [-0.05, 0) is 49.2 Å². The minimum Gasteiger partial charge on any atom is -0.313 e. The zero-order valence-electron chi connectivity index (χ0n) is 15.6. The van der Waals surface area contributed by atoms with Crippen LogP contribution >= 0.6 is 0 Å². The lowest BCUT2D eigenvalue weighted by atomic mass is 9.96. The Morgan fingerprint density at radius 2 is 1.93 bits per heavy atom. The topological polar surface area (TPSA) is 27.3 Å². The van der Waals surface area contributed by atoms with E-state index in [1.807, 2.05) is 17.2 Å². The molecule has 2 aliphatic rings. The Hall–Kier alpha value is -2.73. The molecule has 2 aromatic rings. The number of hydrogen-bond donors (Lipinski definition) is 2. The fraction of sp³-hybridized carbons (Fsp3) is 0.273. The number of anilines is 1. The van der Waals surface area contributed by atoms with Crippen LogP contribution in [0.4, 0.5) is 18.9 Å². The Morgan fingerprint density at radius 3 is 2.68 bits per heavy atom. The van der Waals surface area contributed by atoms with Crippen LogP contribution in [0.1, 0.15) is 48.1 Å². The van der Waals surface area contributed by atoms with E-state index in [1.165, 1.54) is 17.2 Å². The van der Waals surface area contributed by atoms with Crippen LogP contribution in [0.15, 0.2) is 48.7 Å². The molecule has 0 saturated carbocycles. The van der Waals surface area contributed by atoms with Gasteiger partial charge in [-0.25, -0.2) is 13.2 Å². The van der Waals surface area contributed by atoms with Gasteiger partial charge in [0, 0.05) is 23.9 Å². The number of fused-ring (bicyclic) bond motifs is 1. The average Bonchev–Trinajstić information content (AvgIpc) is 2.73. The second-order valence-corrected chi connectivity index (χ2v) is 7.02. The van der Waals surface area contributed by atoms with Gasteiger partial charge in [-0.2, -0.15) is 0 Å². The van der Waals surface area contributed by atoms with Gasteiger partial charge in [0.15, 0.2) is 0 Å². The Balaban J connectivity index is 1.67. The van der Waals surface area contributed by atoms with E-state index in [9.17, 15) is 13.2 Å². The third-order valence-corrected chi connectivity index (χ3v) is 5.33. The standard InChI is InChI=1S/C22H22F3N3/c1-14(18-3-2-4-19(21(18)23)22(24)25)28-20-6-5-16(13-17(20)9-12-27-28)15-7-10-26-11-8-15/h2-7,9,12-14,22,26-27H,8,10-11H2,1H3. The maximum Gasteiger partial charge on any atom is 0.266 e. The van der Waals surface area contributed by atoms with Gasteiger partial charge in [-0.15, -0.1) is 0 Å². The molecule has 2 N–H and O–H groups in total. The van der Waals surface area contributed by atoms with Crippen molar-refractivity contribution in [3.8, 4) is 0 Å². The molecule has 2 aromatic carbocycles. The summed E-state index contributed by atoms with van der Waals surface area (Å²) in [5.41, 5.74) is 7.16. The van der Waals surface area contributed by atoms with E-state index in [0.717, 1.165) is 36.8 Å². The predicted octanol–water partition coefficient (Wildman–Crippen LogP) is 5.20. The number of rotatable bonds is 4. The number of benzene rings is 2. The molecule has 2 aliphatic heterocycles. The Morgan fingerprint density at radius 1 is 1.11 bits per heavy atom. The van der Waals surface area contributed by atoms with Crippen molar-refractivity contribution in [2.75, 3.05) is 18.1 Å². The van der Waals surface area contributed by atoms with Gasteiger partial charge in [0.05, 0.1) is 17.3 Å². The minimum atomic E-state index is -2.84. The van der Waals surface area contributed by atoms with Gasteiger partial charge in [0.2, 0.25) is 0 Å². The van der Waals surface area contributed by atoms with Crippen LogP contribution in [0.5, 0.6) is 0 Å². The summed E-state index contributed by atoms with van der Waals surface area (Å²) in [6, 6.07) is 9.87. The Kier molecular flexibility index (Phi) is 5.13. The molecule has 1 unspecified atom stereocenters. The molecular weight excluding hydrogens is 363 g/mol. The van der Waals surface area contributed by atoms with Crippen LogP contribution < -0.4 is 15.8 Å². The van der Waals surface area contributed by atoms with E-state index in [-0.39, 0.29) is 5.56 Å². The summed E-state index contributed by atoms with van der Waals surface area (Å²) in [6.45, 7) is 3.63. The lowest BCUT2D eigenvalue weighted by molar-refractivity contribution is 0.146. The Labute approximate surface area is 162 Å². The molecule has 2 heterocycles. The van der Waals surface area contributed by atoms with E-state index in [4.69, 9.17) is 0 Å². The molecule has 0 spiro atoms. The van der Waals surface area contributed by atoms with E-state index < -0.39 is 23.8 Å². The van der Waals surface area contributed by atoms with Crippen molar-refractivity contribution in [1.29, 1.82) is 0 Å². The highest BCUT2D eigenvalue weighted by molar-refractivity contribution is 5.77. The lowest BCUT2D eigenvalue weighted by Gasteiger charge is -2.35. The number of nitrogens with zero attached hydrogens (tertiary/aromatic N) is 1. The number of nitrogens with one attached hydrogen (secondary N) is 2. The average molecular weight is 385 g/mol. The molecule has 28 heavy (non-hydrogen) atoms.